The molecule has 1 aliphatic rings. The van der Waals surface area contributed by atoms with Gasteiger partial charge in [0.2, 0.25) is 11.9 Å². The zero-order valence-electron chi connectivity index (χ0n) is 14.7. The number of aromatic amines is 1. The number of nitrogens with two attached hydrogens (primary N) is 1. The van der Waals surface area contributed by atoms with Crippen molar-refractivity contribution in [3.63, 3.8) is 0 Å². The van der Waals surface area contributed by atoms with Crippen molar-refractivity contribution in [1.29, 1.82) is 0 Å². The smallest absolute Gasteiger partial charge is 0.236 e. The molecular formula is C17H21N9O. The van der Waals surface area contributed by atoms with Gasteiger partial charge in [0.15, 0.2) is 0 Å². The van der Waals surface area contributed by atoms with E-state index in [1.807, 2.05) is 17.2 Å². The van der Waals surface area contributed by atoms with Crippen molar-refractivity contribution in [2.45, 2.75) is 18.9 Å². The Hall–Kier alpha value is -3.27. The number of carbonyl (C=O) groups is 1. The van der Waals surface area contributed by atoms with Crippen molar-refractivity contribution in [3.05, 3.63) is 30.9 Å². The monoisotopic (exact) mass is 367 g/mol. The molecule has 1 amide bonds. The van der Waals surface area contributed by atoms with Crippen LogP contribution in [0.15, 0.2) is 30.9 Å². The first-order chi connectivity index (χ1) is 13.2. The molecule has 10 heteroatoms. The molecule has 10 nitrogen and oxygen atoms in total. The van der Waals surface area contributed by atoms with Crippen LogP contribution < -0.4 is 16.4 Å². The van der Waals surface area contributed by atoms with E-state index in [4.69, 9.17) is 5.73 Å². The second-order valence-corrected chi connectivity index (χ2v) is 6.36. The number of amides is 1. The minimum absolute atomic E-state index is 0.000140. The molecule has 0 aromatic carbocycles. The van der Waals surface area contributed by atoms with Crippen molar-refractivity contribution >= 4 is 34.5 Å². The molecule has 140 valence electrons. The molecule has 4 rings (SSSR count). The van der Waals surface area contributed by atoms with Crippen LogP contribution in [-0.4, -0.2) is 61.4 Å². The predicted octanol–water partition coefficient (Wildman–Crippen LogP) is 0.853. The third-order valence-electron chi connectivity index (χ3n) is 4.60. The second kappa shape index (κ2) is 7.54. The van der Waals surface area contributed by atoms with Crippen LogP contribution in [0, 0.1) is 0 Å². The van der Waals surface area contributed by atoms with E-state index < -0.39 is 0 Å². The van der Waals surface area contributed by atoms with Crippen LogP contribution in [0.5, 0.6) is 0 Å². The average Bonchev–Trinajstić information content (AvgIpc) is 3.18. The van der Waals surface area contributed by atoms with Gasteiger partial charge >= 0.3 is 0 Å². The maximum absolute atomic E-state index is 11.7. The number of anilines is 3. The highest BCUT2D eigenvalue weighted by atomic mass is 16.2. The fourth-order valence-corrected chi connectivity index (χ4v) is 3.18. The Balaban J connectivity index is 1.51. The van der Waals surface area contributed by atoms with Gasteiger partial charge in [-0.15, -0.1) is 0 Å². The molecule has 3 aromatic rings. The van der Waals surface area contributed by atoms with E-state index in [1.165, 1.54) is 6.33 Å². The minimum Gasteiger partial charge on any atom is -0.366 e. The third-order valence-corrected chi connectivity index (χ3v) is 4.60. The van der Waals surface area contributed by atoms with E-state index in [9.17, 15) is 4.79 Å². The number of hydrogen-bond acceptors (Lipinski definition) is 8. The van der Waals surface area contributed by atoms with Gasteiger partial charge in [-0.2, -0.15) is 9.97 Å². The van der Waals surface area contributed by atoms with E-state index in [1.54, 1.807) is 12.3 Å². The lowest BCUT2D eigenvalue weighted by molar-refractivity contribution is -0.130. The molecule has 27 heavy (non-hydrogen) atoms. The van der Waals surface area contributed by atoms with E-state index in [0.29, 0.717) is 24.9 Å². The molecule has 1 saturated heterocycles. The molecule has 5 N–H and O–H groups in total. The van der Waals surface area contributed by atoms with E-state index in [-0.39, 0.29) is 18.5 Å². The number of piperidine rings is 1. The molecule has 3 aromatic heterocycles. The highest BCUT2D eigenvalue weighted by Crippen LogP contribution is 2.25. The van der Waals surface area contributed by atoms with Gasteiger partial charge in [-0.3, -0.25) is 4.79 Å². The van der Waals surface area contributed by atoms with Crippen molar-refractivity contribution in [1.82, 2.24) is 29.8 Å². The van der Waals surface area contributed by atoms with Gasteiger partial charge in [0, 0.05) is 31.5 Å². The lowest BCUT2D eigenvalue weighted by Crippen LogP contribution is -2.44. The first kappa shape index (κ1) is 17.2. The fourth-order valence-electron chi connectivity index (χ4n) is 3.18. The van der Waals surface area contributed by atoms with Crippen LogP contribution in [0.1, 0.15) is 12.8 Å². The predicted molar refractivity (Wildman–Crippen MR) is 101 cm³/mol. The van der Waals surface area contributed by atoms with Crippen LogP contribution in [-0.2, 0) is 4.79 Å². The normalized spacial score (nSPS) is 15.1. The van der Waals surface area contributed by atoms with Crippen molar-refractivity contribution in [2.75, 3.05) is 30.3 Å². The van der Waals surface area contributed by atoms with Crippen LogP contribution in [0.4, 0.5) is 17.6 Å². The fraction of sp³-hybridized carbons (Fsp3) is 0.353. The Bertz CT molecular complexity index is 919. The molecular weight excluding hydrogens is 346 g/mol. The summed E-state index contributed by atoms with van der Waals surface area (Å²) in [4.78, 5) is 33.8. The molecule has 0 saturated carbocycles. The summed E-state index contributed by atoms with van der Waals surface area (Å²) in [6.45, 7) is 1.45. The highest BCUT2D eigenvalue weighted by Gasteiger charge is 2.23. The summed E-state index contributed by atoms with van der Waals surface area (Å²) in [5.74, 6) is 1.82. The Morgan fingerprint density at radius 3 is 2.89 bits per heavy atom. The summed E-state index contributed by atoms with van der Waals surface area (Å²) in [6, 6.07) is 3.92. The summed E-state index contributed by atoms with van der Waals surface area (Å²) in [5.41, 5.74) is 6.18. The minimum atomic E-state index is -0.000140. The van der Waals surface area contributed by atoms with Gasteiger partial charge in [-0.25, -0.2) is 9.97 Å². The molecule has 1 aliphatic heterocycles. The summed E-state index contributed by atoms with van der Waals surface area (Å²) in [6.07, 6.45) is 6.64. The molecule has 0 unspecified atom stereocenters. The van der Waals surface area contributed by atoms with Gasteiger partial charge in [0.25, 0.3) is 0 Å². The standard InChI is InChI=1S/C17H21N9O/c18-9-14(27)26-7-3-11(4-8-26)22-16-12-1-6-20-15(12)24-17(25-16)23-13-2-5-19-10-21-13/h1-2,5-6,10-11H,3-4,7-9,18H2,(H3,19,20,21,22,23,24,25). The molecule has 0 atom stereocenters. The quantitative estimate of drug-likeness (QED) is 0.521. The Morgan fingerprint density at radius 2 is 2.15 bits per heavy atom. The van der Waals surface area contributed by atoms with Crippen LogP contribution in [0.2, 0.25) is 0 Å². The van der Waals surface area contributed by atoms with Gasteiger partial charge in [-0.05, 0) is 25.0 Å². The molecule has 0 spiro atoms. The number of nitrogens with zero attached hydrogens (tertiary/aromatic N) is 5. The molecule has 0 aliphatic carbocycles. The SMILES string of the molecule is NCC(=O)N1CCC(Nc2nc(Nc3ccncn3)nc3[nH]ccc23)CC1. The average molecular weight is 367 g/mol. The lowest BCUT2D eigenvalue weighted by Gasteiger charge is -2.32. The Kier molecular flexibility index (Phi) is 4.79. The van der Waals surface area contributed by atoms with E-state index >= 15 is 0 Å². The summed E-state index contributed by atoms with van der Waals surface area (Å²) < 4.78 is 0. The maximum atomic E-state index is 11.7. The third kappa shape index (κ3) is 3.80. The summed E-state index contributed by atoms with van der Waals surface area (Å²) in [7, 11) is 0. The first-order valence-electron chi connectivity index (χ1n) is 8.85. The molecule has 4 heterocycles. The molecule has 1 fully saturated rings. The van der Waals surface area contributed by atoms with Crippen molar-refractivity contribution < 1.29 is 4.79 Å². The van der Waals surface area contributed by atoms with Gasteiger partial charge in [-0.1, -0.05) is 0 Å². The topological polar surface area (TPSA) is 138 Å². The van der Waals surface area contributed by atoms with Gasteiger partial charge < -0.3 is 26.3 Å². The summed E-state index contributed by atoms with van der Waals surface area (Å²) in [5, 5.41) is 7.51. The van der Waals surface area contributed by atoms with Crippen molar-refractivity contribution in [2.24, 2.45) is 5.73 Å². The number of H-pyrrole nitrogens is 1. The van der Waals surface area contributed by atoms with E-state index in [0.717, 1.165) is 29.7 Å². The highest BCUT2D eigenvalue weighted by molar-refractivity contribution is 5.88. The largest absolute Gasteiger partial charge is 0.366 e. The zero-order chi connectivity index (χ0) is 18.6. The Morgan fingerprint density at radius 1 is 1.30 bits per heavy atom. The number of aromatic nitrogens is 5. The second-order valence-electron chi connectivity index (χ2n) is 6.36. The van der Waals surface area contributed by atoms with Crippen LogP contribution in [0.25, 0.3) is 11.0 Å². The number of nitrogens with one attached hydrogen (secondary N) is 3. The first-order valence-corrected chi connectivity index (χ1v) is 8.85. The van der Waals surface area contributed by atoms with Crippen LogP contribution in [0.3, 0.4) is 0 Å². The molecule has 0 bridgehead atoms. The number of likely N-dealkylation sites (tertiary alicyclic amines) is 1. The number of fused-ring (bicyclic) bond motifs is 1. The van der Waals surface area contributed by atoms with Gasteiger partial charge in [0.05, 0.1) is 11.9 Å². The van der Waals surface area contributed by atoms with Crippen molar-refractivity contribution in [3.8, 4) is 0 Å². The number of carbonyl (C=O) groups excluding carboxylic acids is 1. The summed E-state index contributed by atoms with van der Waals surface area (Å²) >= 11 is 0. The maximum Gasteiger partial charge on any atom is 0.236 e. The zero-order valence-corrected chi connectivity index (χ0v) is 14.7. The van der Waals surface area contributed by atoms with Crippen LogP contribution >= 0.6 is 0 Å². The lowest BCUT2D eigenvalue weighted by atomic mass is 10.0. The molecule has 0 radical (unpaired) electrons. The van der Waals surface area contributed by atoms with E-state index in [2.05, 4.69) is 35.6 Å². The Labute approximate surface area is 155 Å². The van der Waals surface area contributed by atoms with Gasteiger partial charge in [0.1, 0.15) is 23.6 Å². The number of hydrogen-bond donors (Lipinski definition) is 4. The number of rotatable bonds is 5.